The largest absolute Gasteiger partial charge is 0.391 e. The fraction of sp³-hybridized carbons (Fsp3) is 0.417. The van der Waals surface area contributed by atoms with E-state index in [-0.39, 0.29) is 12.0 Å². The third-order valence-electron chi connectivity index (χ3n) is 2.69. The van der Waals surface area contributed by atoms with Crippen LogP contribution >= 0.6 is 27.3 Å². The van der Waals surface area contributed by atoms with Crippen LogP contribution in [-0.4, -0.2) is 35.1 Å². The normalized spacial score (nSPS) is 21.1. The maximum absolute atomic E-state index is 11.8. The fourth-order valence-electron chi connectivity index (χ4n) is 1.83. The lowest BCUT2D eigenvalue weighted by molar-refractivity contribution is -0.128. The summed E-state index contributed by atoms with van der Waals surface area (Å²) in [6.07, 6.45) is 4.71. The van der Waals surface area contributed by atoms with Crippen molar-refractivity contribution in [2.75, 3.05) is 13.1 Å². The highest BCUT2D eigenvalue weighted by molar-refractivity contribution is 9.11. The molecule has 0 aliphatic carbocycles. The molecular weight excluding hydrogens is 302 g/mol. The summed E-state index contributed by atoms with van der Waals surface area (Å²) in [6.45, 7) is 1.20. The van der Waals surface area contributed by atoms with E-state index in [0.717, 1.165) is 28.0 Å². The molecule has 2 rings (SSSR count). The molecule has 2 heterocycles. The number of hydrogen-bond donors (Lipinski definition) is 1. The van der Waals surface area contributed by atoms with Crippen molar-refractivity contribution in [2.24, 2.45) is 0 Å². The zero-order valence-electron chi connectivity index (χ0n) is 9.30. The van der Waals surface area contributed by atoms with E-state index >= 15 is 0 Å². The van der Waals surface area contributed by atoms with Crippen LogP contribution in [0.5, 0.6) is 0 Å². The van der Waals surface area contributed by atoms with Crippen molar-refractivity contribution in [3.8, 4) is 0 Å². The number of piperidine rings is 1. The Morgan fingerprint density at radius 2 is 2.41 bits per heavy atom. The van der Waals surface area contributed by atoms with Gasteiger partial charge in [-0.2, -0.15) is 0 Å². The first kappa shape index (κ1) is 12.8. The number of rotatable bonds is 2. The van der Waals surface area contributed by atoms with Crippen LogP contribution in [0, 0.1) is 0 Å². The van der Waals surface area contributed by atoms with Crippen molar-refractivity contribution < 1.29 is 9.90 Å². The molecule has 1 atom stereocenters. The molecule has 5 heteroatoms. The van der Waals surface area contributed by atoms with Crippen molar-refractivity contribution in [1.29, 1.82) is 0 Å². The summed E-state index contributed by atoms with van der Waals surface area (Å²) in [4.78, 5) is 14.6. The predicted octanol–water partition coefficient (Wildman–Crippen LogP) is 2.51. The number of aliphatic hydroxyl groups excluding tert-OH is 1. The molecular formula is C12H14BrNO2S. The van der Waals surface area contributed by atoms with Crippen LogP contribution < -0.4 is 0 Å². The minimum absolute atomic E-state index is 0.0201. The van der Waals surface area contributed by atoms with E-state index in [0.29, 0.717) is 6.54 Å². The number of hydrogen-bond acceptors (Lipinski definition) is 3. The Hall–Kier alpha value is -0.650. The highest BCUT2D eigenvalue weighted by Gasteiger charge is 2.20. The maximum atomic E-state index is 11.8. The van der Waals surface area contributed by atoms with E-state index in [2.05, 4.69) is 15.9 Å². The first-order valence-corrected chi connectivity index (χ1v) is 7.16. The third kappa shape index (κ3) is 3.66. The van der Waals surface area contributed by atoms with Gasteiger partial charge in [0.1, 0.15) is 0 Å². The monoisotopic (exact) mass is 315 g/mol. The Bertz CT molecular complexity index is 430. The number of halogens is 1. The molecule has 0 radical (unpaired) electrons. The Balaban J connectivity index is 1.94. The number of amides is 1. The molecule has 1 aliphatic rings. The number of carbonyl (C=O) groups is 1. The molecule has 3 nitrogen and oxygen atoms in total. The summed E-state index contributed by atoms with van der Waals surface area (Å²) < 4.78 is 1.05. The first-order chi connectivity index (χ1) is 8.15. The van der Waals surface area contributed by atoms with E-state index in [4.69, 9.17) is 0 Å². The van der Waals surface area contributed by atoms with E-state index in [1.165, 1.54) is 0 Å². The molecule has 1 fully saturated rings. The third-order valence-corrected chi connectivity index (χ3v) is 4.28. The molecule has 1 aromatic heterocycles. The standard InChI is InChI=1S/C12H14BrNO2S/c13-11-5-3-10(17-11)4-6-12(16)14-7-1-2-9(15)8-14/h3-6,9,15H,1-2,7-8H2/b6-4+/t9-/m0/s1. The Morgan fingerprint density at radius 3 is 3.06 bits per heavy atom. The molecule has 1 aliphatic heterocycles. The molecule has 0 bridgehead atoms. The van der Waals surface area contributed by atoms with E-state index < -0.39 is 0 Å². The van der Waals surface area contributed by atoms with Gasteiger partial charge in [-0.25, -0.2) is 0 Å². The maximum Gasteiger partial charge on any atom is 0.246 e. The lowest BCUT2D eigenvalue weighted by atomic mass is 10.1. The van der Waals surface area contributed by atoms with Crippen LogP contribution in [0.15, 0.2) is 22.0 Å². The van der Waals surface area contributed by atoms with Gasteiger partial charge in [-0.05, 0) is 47.0 Å². The smallest absolute Gasteiger partial charge is 0.246 e. The fourth-order valence-corrected chi connectivity index (χ4v) is 3.16. The second-order valence-electron chi connectivity index (χ2n) is 4.06. The van der Waals surface area contributed by atoms with Crippen LogP contribution in [0.3, 0.4) is 0 Å². The second-order valence-corrected chi connectivity index (χ2v) is 6.55. The molecule has 17 heavy (non-hydrogen) atoms. The Labute approximate surface area is 113 Å². The Kier molecular flexibility index (Phi) is 4.36. The van der Waals surface area contributed by atoms with Gasteiger partial charge in [-0.15, -0.1) is 11.3 Å². The zero-order valence-corrected chi connectivity index (χ0v) is 11.7. The summed E-state index contributed by atoms with van der Waals surface area (Å²) in [5.41, 5.74) is 0. The quantitative estimate of drug-likeness (QED) is 0.852. The number of likely N-dealkylation sites (tertiary alicyclic amines) is 1. The van der Waals surface area contributed by atoms with Gasteiger partial charge in [-0.1, -0.05) is 0 Å². The van der Waals surface area contributed by atoms with Gasteiger partial charge in [0, 0.05) is 24.0 Å². The van der Waals surface area contributed by atoms with Gasteiger partial charge < -0.3 is 10.0 Å². The number of carbonyl (C=O) groups excluding carboxylic acids is 1. The predicted molar refractivity (Wildman–Crippen MR) is 72.9 cm³/mol. The van der Waals surface area contributed by atoms with Gasteiger partial charge in [0.15, 0.2) is 0 Å². The number of aliphatic hydroxyl groups is 1. The van der Waals surface area contributed by atoms with Gasteiger partial charge in [-0.3, -0.25) is 4.79 Å². The summed E-state index contributed by atoms with van der Waals surface area (Å²) in [7, 11) is 0. The van der Waals surface area contributed by atoms with E-state index in [9.17, 15) is 9.90 Å². The van der Waals surface area contributed by atoms with Crippen LogP contribution in [0.4, 0.5) is 0 Å². The van der Waals surface area contributed by atoms with Crippen LogP contribution in [0.1, 0.15) is 17.7 Å². The van der Waals surface area contributed by atoms with Crippen LogP contribution in [0.2, 0.25) is 0 Å². The van der Waals surface area contributed by atoms with Gasteiger partial charge in [0.05, 0.1) is 9.89 Å². The van der Waals surface area contributed by atoms with Crippen molar-refractivity contribution in [1.82, 2.24) is 4.90 Å². The number of thiophene rings is 1. The second kappa shape index (κ2) is 5.80. The summed E-state index contributed by atoms with van der Waals surface area (Å²) in [5.74, 6) is -0.0201. The van der Waals surface area contributed by atoms with Crippen molar-refractivity contribution in [3.05, 3.63) is 26.9 Å². The highest BCUT2D eigenvalue weighted by Crippen LogP contribution is 2.23. The molecule has 0 aromatic carbocycles. The minimum Gasteiger partial charge on any atom is -0.391 e. The van der Waals surface area contributed by atoms with E-state index in [1.807, 2.05) is 18.2 Å². The van der Waals surface area contributed by atoms with Gasteiger partial charge in [0.25, 0.3) is 0 Å². The highest BCUT2D eigenvalue weighted by atomic mass is 79.9. The molecule has 1 saturated heterocycles. The van der Waals surface area contributed by atoms with Crippen molar-refractivity contribution in [2.45, 2.75) is 18.9 Å². The molecule has 1 aromatic rings. The molecule has 1 N–H and O–H groups in total. The lowest BCUT2D eigenvalue weighted by Gasteiger charge is -2.29. The minimum atomic E-state index is -0.364. The van der Waals surface area contributed by atoms with Gasteiger partial charge in [0.2, 0.25) is 5.91 Å². The SMILES string of the molecule is O=C(/C=C/c1ccc(Br)s1)N1CCC[C@H](O)C1. The summed E-state index contributed by atoms with van der Waals surface area (Å²) >= 11 is 4.97. The average molecular weight is 316 g/mol. The molecule has 0 saturated carbocycles. The van der Waals surface area contributed by atoms with Gasteiger partial charge >= 0.3 is 0 Å². The van der Waals surface area contributed by atoms with Crippen molar-refractivity contribution in [3.63, 3.8) is 0 Å². The number of β-amino-alcohol motifs (C(OH)–C–C–N with tert-alkyl or cyclic N) is 1. The zero-order chi connectivity index (χ0) is 12.3. The molecule has 1 amide bonds. The molecule has 92 valence electrons. The summed E-state index contributed by atoms with van der Waals surface area (Å²) in [6, 6.07) is 3.92. The van der Waals surface area contributed by atoms with E-state index in [1.54, 1.807) is 22.3 Å². The Morgan fingerprint density at radius 1 is 1.59 bits per heavy atom. The number of nitrogens with zero attached hydrogens (tertiary/aromatic N) is 1. The van der Waals surface area contributed by atoms with Crippen LogP contribution in [0.25, 0.3) is 6.08 Å². The van der Waals surface area contributed by atoms with Crippen molar-refractivity contribution >= 4 is 39.2 Å². The molecule has 0 spiro atoms. The molecule has 0 unspecified atom stereocenters. The summed E-state index contributed by atoms with van der Waals surface area (Å²) in [5, 5.41) is 9.49. The first-order valence-electron chi connectivity index (χ1n) is 5.55. The topological polar surface area (TPSA) is 40.5 Å². The van der Waals surface area contributed by atoms with Crippen LogP contribution in [-0.2, 0) is 4.79 Å². The average Bonchev–Trinajstić information content (AvgIpc) is 2.72. The lowest BCUT2D eigenvalue weighted by Crippen LogP contribution is -2.41.